The zero-order chi connectivity index (χ0) is 18.1. The van der Waals surface area contributed by atoms with Crippen LogP contribution in [0.3, 0.4) is 0 Å². The number of halogens is 2. The Kier molecular flexibility index (Phi) is 9.16. The maximum atomic E-state index is 11.8. The Bertz CT molecular complexity index is 562. The fourth-order valence-corrected chi connectivity index (χ4v) is 2.73. The molecule has 0 fully saturated rings. The maximum absolute atomic E-state index is 11.8. The van der Waals surface area contributed by atoms with E-state index in [9.17, 15) is 9.59 Å². The van der Waals surface area contributed by atoms with Crippen molar-refractivity contribution in [1.82, 2.24) is 10.2 Å². The normalized spacial score (nSPS) is 10.8. The minimum absolute atomic E-state index is 0.0218. The van der Waals surface area contributed by atoms with Gasteiger partial charge in [0.25, 0.3) is 0 Å². The molecule has 0 radical (unpaired) electrons. The van der Waals surface area contributed by atoms with E-state index in [2.05, 4.69) is 19.2 Å². The van der Waals surface area contributed by atoms with Gasteiger partial charge in [0.15, 0.2) is 0 Å². The highest BCUT2D eigenvalue weighted by Gasteiger charge is 2.12. The van der Waals surface area contributed by atoms with Gasteiger partial charge in [-0.05, 0) is 36.5 Å². The van der Waals surface area contributed by atoms with Crippen molar-refractivity contribution in [2.75, 3.05) is 19.6 Å². The van der Waals surface area contributed by atoms with Crippen LogP contribution < -0.4 is 5.32 Å². The lowest BCUT2D eigenvalue weighted by Gasteiger charge is -2.21. The van der Waals surface area contributed by atoms with Crippen molar-refractivity contribution >= 4 is 35.0 Å². The van der Waals surface area contributed by atoms with Crippen molar-refractivity contribution < 1.29 is 9.59 Å². The van der Waals surface area contributed by atoms with Crippen LogP contribution >= 0.6 is 23.2 Å². The molecular weight excluding hydrogens is 347 g/mol. The zero-order valence-electron chi connectivity index (χ0n) is 14.6. The van der Waals surface area contributed by atoms with Gasteiger partial charge in [-0.3, -0.25) is 9.59 Å². The minimum atomic E-state index is -0.0462. The second-order valence-electron chi connectivity index (χ2n) is 6.27. The minimum Gasteiger partial charge on any atom is -0.356 e. The molecule has 0 aliphatic heterocycles. The van der Waals surface area contributed by atoms with Crippen LogP contribution in [0.4, 0.5) is 0 Å². The van der Waals surface area contributed by atoms with Crippen LogP contribution in [0.1, 0.15) is 39.2 Å². The van der Waals surface area contributed by atoms with E-state index in [1.807, 2.05) is 6.07 Å². The maximum Gasteiger partial charge on any atom is 0.221 e. The zero-order valence-corrected chi connectivity index (χ0v) is 16.1. The molecule has 0 aliphatic carbocycles. The van der Waals surface area contributed by atoms with E-state index in [-0.39, 0.29) is 11.8 Å². The lowest BCUT2D eigenvalue weighted by molar-refractivity contribution is -0.129. The fraction of sp³-hybridized carbons (Fsp3) is 0.556. The average molecular weight is 373 g/mol. The van der Waals surface area contributed by atoms with Crippen LogP contribution in [-0.2, 0) is 16.0 Å². The number of hydrogen-bond donors (Lipinski definition) is 1. The summed E-state index contributed by atoms with van der Waals surface area (Å²) in [6.45, 7) is 7.36. The lowest BCUT2D eigenvalue weighted by Crippen LogP contribution is -2.35. The van der Waals surface area contributed by atoms with Crippen molar-refractivity contribution in [2.24, 2.45) is 5.92 Å². The van der Waals surface area contributed by atoms with Gasteiger partial charge in [-0.15, -0.1) is 0 Å². The predicted molar refractivity (Wildman–Crippen MR) is 99.5 cm³/mol. The van der Waals surface area contributed by atoms with Crippen LogP contribution in [0.2, 0.25) is 10.0 Å². The van der Waals surface area contributed by atoms with Gasteiger partial charge >= 0.3 is 0 Å². The summed E-state index contributed by atoms with van der Waals surface area (Å²) in [4.78, 5) is 25.3. The summed E-state index contributed by atoms with van der Waals surface area (Å²) in [6.07, 6.45) is 1.90. The van der Waals surface area contributed by atoms with Gasteiger partial charge in [-0.1, -0.05) is 43.1 Å². The van der Waals surface area contributed by atoms with Crippen LogP contribution in [0, 0.1) is 5.92 Å². The van der Waals surface area contributed by atoms with Gasteiger partial charge in [0, 0.05) is 43.0 Å². The van der Waals surface area contributed by atoms with Gasteiger partial charge in [0.1, 0.15) is 0 Å². The number of nitrogens with one attached hydrogen (secondary N) is 1. The van der Waals surface area contributed by atoms with E-state index >= 15 is 0 Å². The van der Waals surface area contributed by atoms with Crippen molar-refractivity contribution in [2.45, 2.75) is 40.0 Å². The van der Waals surface area contributed by atoms with E-state index in [4.69, 9.17) is 23.2 Å². The van der Waals surface area contributed by atoms with E-state index in [1.165, 1.54) is 6.92 Å². The molecule has 0 spiro atoms. The quantitative estimate of drug-likeness (QED) is 0.713. The van der Waals surface area contributed by atoms with Crippen molar-refractivity contribution in [3.63, 3.8) is 0 Å². The predicted octanol–water partition coefficient (Wildman–Crippen LogP) is 3.94. The topological polar surface area (TPSA) is 49.4 Å². The molecule has 0 saturated carbocycles. The van der Waals surface area contributed by atoms with E-state index in [0.29, 0.717) is 48.4 Å². The van der Waals surface area contributed by atoms with Gasteiger partial charge in [0.05, 0.1) is 0 Å². The molecule has 6 heteroatoms. The molecule has 0 bridgehead atoms. The number of nitrogens with zero attached hydrogens (tertiary/aromatic N) is 1. The standard InChI is InChI=1S/C18H26Cl2N2O2/c1-13(2)6-9-21-18(24)8-11-22(14(3)23)10-7-15-4-5-16(19)12-17(15)20/h4-5,12-13H,6-11H2,1-3H3,(H,21,24). The van der Waals surface area contributed by atoms with E-state index in [0.717, 1.165) is 12.0 Å². The summed E-state index contributed by atoms with van der Waals surface area (Å²) in [7, 11) is 0. The summed E-state index contributed by atoms with van der Waals surface area (Å²) in [5.41, 5.74) is 0.939. The highest BCUT2D eigenvalue weighted by atomic mass is 35.5. The number of carbonyl (C=O) groups is 2. The molecule has 1 aromatic rings. The van der Waals surface area contributed by atoms with Gasteiger partial charge < -0.3 is 10.2 Å². The number of hydrogen-bond acceptors (Lipinski definition) is 2. The Morgan fingerprint density at radius 3 is 2.50 bits per heavy atom. The molecule has 24 heavy (non-hydrogen) atoms. The second-order valence-corrected chi connectivity index (χ2v) is 7.12. The summed E-state index contributed by atoms with van der Waals surface area (Å²) in [6, 6.07) is 5.34. The van der Waals surface area contributed by atoms with Crippen molar-refractivity contribution in [3.8, 4) is 0 Å². The lowest BCUT2D eigenvalue weighted by atomic mass is 10.1. The third-order valence-corrected chi connectivity index (χ3v) is 4.35. The monoisotopic (exact) mass is 372 g/mol. The molecule has 0 unspecified atom stereocenters. The number of amides is 2. The SMILES string of the molecule is CC(=O)N(CCC(=O)NCCC(C)C)CCc1ccc(Cl)cc1Cl. The Hall–Kier alpha value is -1.26. The first-order chi connectivity index (χ1) is 11.3. The molecule has 2 amide bonds. The smallest absolute Gasteiger partial charge is 0.221 e. The van der Waals surface area contributed by atoms with Gasteiger partial charge in [-0.25, -0.2) is 0 Å². The van der Waals surface area contributed by atoms with Crippen LogP contribution in [-0.4, -0.2) is 36.3 Å². The van der Waals surface area contributed by atoms with E-state index in [1.54, 1.807) is 17.0 Å². The Morgan fingerprint density at radius 2 is 1.92 bits per heavy atom. The van der Waals surface area contributed by atoms with Gasteiger partial charge in [-0.2, -0.15) is 0 Å². The molecule has 4 nitrogen and oxygen atoms in total. The molecule has 134 valence electrons. The molecule has 1 N–H and O–H groups in total. The molecule has 0 heterocycles. The molecule has 1 aromatic carbocycles. The molecule has 0 aromatic heterocycles. The summed E-state index contributed by atoms with van der Waals surface area (Å²) >= 11 is 12.0. The summed E-state index contributed by atoms with van der Waals surface area (Å²) in [5, 5.41) is 4.07. The fourth-order valence-electron chi connectivity index (χ4n) is 2.23. The van der Waals surface area contributed by atoms with Crippen molar-refractivity contribution in [3.05, 3.63) is 33.8 Å². The van der Waals surface area contributed by atoms with Crippen LogP contribution in [0.25, 0.3) is 0 Å². The highest BCUT2D eigenvalue weighted by molar-refractivity contribution is 6.35. The van der Waals surface area contributed by atoms with E-state index < -0.39 is 0 Å². The first-order valence-electron chi connectivity index (χ1n) is 8.25. The number of rotatable bonds is 9. The molecule has 1 rings (SSSR count). The van der Waals surface area contributed by atoms with Crippen LogP contribution in [0.5, 0.6) is 0 Å². The third kappa shape index (κ3) is 8.02. The van der Waals surface area contributed by atoms with Crippen LogP contribution in [0.15, 0.2) is 18.2 Å². The average Bonchev–Trinajstić information content (AvgIpc) is 2.48. The molecule has 0 atom stereocenters. The first kappa shape index (κ1) is 20.8. The summed E-state index contributed by atoms with van der Waals surface area (Å²) in [5.74, 6) is 0.490. The second kappa shape index (κ2) is 10.6. The molecule has 0 saturated heterocycles. The Labute approximate surface area is 154 Å². The highest BCUT2D eigenvalue weighted by Crippen LogP contribution is 2.21. The first-order valence-corrected chi connectivity index (χ1v) is 9.01. The molecular formula is C18H26Cl2N2O2. The third-order valence-electron chi connectivity index (χ3n) is 3.76. The largest absolute Gasteiger partial charge is 0.356 e. The Morgan fingerprint density at radius 1 is 1.21 bits per heavy atom. The number of benzene rings is 1. The molecule has 0 aliphatic rings. The van der Waals surface area contributed by atoms with Crippen molar-refractivity contribution in [1.29, 1.82) is 0 Å². The Balaban J connectivity index is 2.44. The van der Waals surface area contributed by atoms with Gasteiger partial charge in [0.2, 0.25) is 11.8 Å². The number of carbonyl (C=O) groups excluding carboxylic acids is 2. The summed E-state index contributed by atoms with van der Waals surface area (Å²) < 4.78 is 0.